The maximum Gasteiger partial charge on any atom is 0.147 e. The first-order valence-corrected chi connectivity index (χ1v) is 6.41. The molecule has 0 saturated carbocycles. The zero-order valence-electron chi connectivity index (χ0n) is 10.3. The molecule has 0 N–H and O–H groups in total. The van der Waals surface area contributed by atoms with Crippen molar-refractivity contribution in [3.05, 3.63) is 46.5 Å². The van der Waals surface area contributed by atoms with Gasteiger partial charge in [0.05, 0.1) is 18.2 Å². The van der Waals surface area contributed by atoms with Crippen molar-refractivity contribution in [1.29, 1.82) is 5.26 Å². The zero-order valence-corrected chi connectivity index (χ0v) is 11.0. The molecule has 0 fully saturated rings. The Morgan fingerprint density at radius 2 is 2.26 bits per heavy atom. The molecule has 6 heteroatoms. The van der Waals surface area contributed by atoms with E-state index in [4.69, 9.17) is 16.9 Å². The molecule has 0 spiro atoms. The van der Waals surface area contributed by atoms with E-state index in [1.165, 1.54) is 0 Å². The Morgan fingerprint density at radius 1 is 1.37 bits per heavy atom. The standard InChI is InChI=1S/C13H12ClN5/c14-12-5-10(6-15)1-2-11(12)7-18-3-4-19-9-16-17-13(19)8-18/h1-2,5,9H,3-4,7-8H2. The van der Waals surface area contributed by atoms with E-state index in [1.807, 2.05) is 6.07 Å². The Balaban J connectivity index is 1.75. The lowest BCUT2D eigenvalue weighted by Gasteiger charge is -2.27. The van der Waals surface area contributed by atoms with Gasteiger partial charge in [0.2, 0.25) is 0 Å². The van der Waals surface area contributed by atoms with Gasteiger partial charge in [0.15, 0.2) is 0 Å². The maximum atomic E-state index is 8.82. The van der Waals surface area contributed by atoms with Crippen LogP contribution in [-0.4, -0.2) is 26.2 Å². The van der Waals surface area contributed by atoms with Crippen LogP contribution in [0.4, 0.5) is 0 Å². The van der Waals surface area contributed by atoms with E-state index in [2.05, 4.69) is 25.7 Å². The summed E-state index contributed by atoms with van der Waals surface area (Å²) in [6.45, 7) is 3.38. The molecule has 19 heavy (non-hydrogen) atoms. The van der Waals surface area contributed by atoms with Gasteiger partial charge in [-0.2, -0.15) is 5.26 Å². The first kappa shape index (κ1) is 12.2. The van der Waals surface area contributed by atoms with Crippen LogP contribution < -0.4 is 0 Å². The van der Waals surface area contributed by atoms with Crippen LogP contribution in [0.3, 0.4) is 0 Å². The SMILES string of the molecule is N#Cc1ccc(CN2CCn3cnnc3C2)c(Cl)c1. The Hall–Kier alpha value is -1.90. The molecule has 0 saturated heterocycles. The van der Waals surface area contributed by atoms with E-state index >= 15 is 0 Å². The molecule has 2 aromatic rings. The number of rotatable bonds is 2. The van der Waals surface area contributed by atoms with Gasteiger partial charge >= 0.3 is 0 Å². The van der Waals surface area contributed by atoms with Gasteiger partial charge in [0, 0.05) is 24.7 Å². The van der Waals surface area contributed by atoms with Crippen molar-refractivity contribution < 1.29 is 0 Å². The lowest BCUT2D eigenvalue weighted by molar-refractivity contribution is 0.209. The summed E-state index contributed by atoms with van der Waals surface area (Å²) in [5.41, 5.74) is 1.63. The highest BCUT2D eigenvalue weighted by Gasteiger charge is 2.18. The number of nitrogens with zero attached hydrogens (tertiary/aromatic N) is 5. The summed E-state index contributed by atoms with van der Waals surface area (Å²) in [7, 11) is 0. The lowest BCUT2D eigenvalue weighted by atomic mass is 10.1. The summed E-state index contributed by atoms with van der Waals surface area (Å²) in [6, 6.07) is 7.52. The van der Waals surface area contributed by atoms with Crippen LogP contribution in [0, 0.1) is 11.3 Å². The molecule has 0 aliphatic carbocycles. The Bertz CT molecular complexity index is 643. The zero-order chi connectivity index (χ0) is 13.2. The summed E-state index contributed by atoms with van der Waals surface area (Å²) >= 11 is 6.20. The summed E-state index contributed by atoms with van der Waals surface area (Å²) in [5.74, 6) is 0.982. The van der Waals surface area contributed by atoms with Crippen LogP contribution in [0.15, 0.2) is 24.5 Å². The molecule has 1 aliphatic heterocycles. The number of benzene rings is 1. The van der Waals surface area contributed by atoms with Crippen molar-refractivity contribution in [3.8, 4) is 6.07 Å². The number of hydrogen-bond acceptors (Lipinski definition) is 4. The third-order valence-corrected chi connectivity index (χ3v) is 3.65. The predicted molar refractivity (Wildman–Crippen MR) is 70.3 cm³/mol. The molecule has 1 aromatic heterocycles. The average Bonchev–Trinajstić information content (AvgIpc) is 2.88. The van der Waals surface area contributed by atoms with Crippen LogP contribution in [-0.2, 0) is 19.6 Å². The smallest absolute Gasteiger partial charge is 0.147 e. The number of halogens is 1. The molecule has 1 aromatic carbocycles. The number of hydrogen-bond donors (Lipinski definition) is 0. The summed E-state index contributed by atoms with van der Waals surface area (Å²) in [4.78, 5) is 2.28. The maximum absolute atomic E-state index is 8.82. The second-order valence-corrected chi connectivity index (χ2v) is 4.98. The van der Waals surface area contributed by atoms with Crippen LogP contribution in [0.5, 0.6) is 0 Å². The number of fused-ring (bicyclic) bond motifs is 1. The van der Waals surface area contributed by atoms with E-state index in [-0.39, 0.29) is 0 Å². The highest BCUT2D eigenvalue weighted by Crippen LogP contribution is 2.21. The first-order valence-electron chi connectivity index (χ1n) is 6.04. The minimum absolute atomic E-state index is 0.590. The first-order chi connectivity index (χ1) is 9.26. The Labute approximate surface area is 116 Å². The molecule has 0 amide bonds. The molecule has 3 rings (SSSR count). The second-order valence-electron chi connectivity index (χ2n) is 4.57. The van der Waals surface area contributed by atoms with Gasteiger partial charge in [-0.1, -0.05) is 17.7 Å². The fourth-order valence-corrected chi connectivity index (χ4v) is 2.48. The summed E-state index contributed by atoms with van der Waals surface area (Å²) < 4.78 is 2.07. The van der Waals surface area contributed by atoms with Crippen molar-refractivity contribution >= 4 is 11.6 Å². The van der Waals surface area contributed by atoms with E-state index in [9.17, 15) is 0 Å². The van der Waals surface area contributed by atoms with E-state index in [0.29, 0.717) is 10.6 Å². The largest absolute Gasteiger partial charge is 0.315 e. The number of nitriles is 1. The van der Waals surface area contributed by atoms with Crippen molar-refractivity contribution in [2.45, 2.75) is 19.6 Å². The van der Waals surface area contributed by atoms with Crippen LogP contribution >= 0.6 is 11.6 Å². The molecule has 0 radical (unpaired) electrons. The van der Waals surface area contributed by atoms with Crippen LogP contribution in [0.1, 0.15) is 17.0 Å². The third kappa shape index (κ3) is 2.46. The second kappa shape index (κ2) is 5.00. The van der Waals surface area contributed by atoms with Gasteiger partial charge < -0.3 is 4.57 Å². The van der Waals surface area contributed by atoms with E-state index in [0.717, 1.165) is 37.6 Å². The van der Waals surface area contributed by atoms with Gasteiger partial charge in [-0.25, -0.2) is 0 Å². The minimum Gasteiger partial charge on any atom is -0.315 e. The van der Waals surface area contributed by atoms with Gasteiger partial charge in [0.25, 0.3) is 0 Å². The fourth-order valence-electron chi connectivity index (χ4n) is 2.24. The third-order valence-electron chi connectivity index (χ3n) is 3.29. The van der Waals surface area contributed by atoms with Crippen molar-refractivity contribution in [2.24, 2.45) is 0 Å². The molecule has 0 bridgehead atoms. The normalized spacial score (nSPS) is 14.9. The van der Waals surface area contributed by atoms with Crippen molar-refractivity contribution in [2.75, 3.05) is 6.54 Å². The lowest BCUT2D eigenvalue weighted by Crippen LogP contribution is -2.33. The molecular weight excluding hydrogens is 262 g/mol. The predicted octanol–water partition coefficient (Wildman–Crippen LogP) is 1.82. The fraction of sp³-hybridized carbons (Fsp3) is 0.308. The van der Waals surface area contributed by atoms with Crippen LogP contribution in [0.25, 0.3) is 0 Å². The molecule has 0 unspecified atom stereocenters. The highest BCUT2D eigenvalue weighted by atomic mass is 35.5. The molecular formula is C13H12ClN5. The summed E-state index contributed by atoms with van der Waals surface area (Å²) in [6.07, 6.45) is 1.77. The van der Waals surface area contributed by atoms with Gasteiger partial charge in [-0.15, -0.1) is 10.2 Å². The van der Waals surface area contributed by atoms with E-state index < -0.39 is 0 Å². The van der Waals surface area contributed by atoms with Gasteiger partial charge in [-0.05, 0) is 17.7 Å². The molecule has 1 aliphatic rings. The quantitative estimate of drug-likeness (QED) is 0.837. The topological polar surface area (TPSA) is 57.7 Å². The van der Waals surface area contributed by atoms with Gasteiger partial charge in [0.1, 0.15) is 12.2 Å². The van der Waals surface area contributed by atoms with Crippen molar-refractivity contribution in [3.63, 3.8) is 0 Å². The van der Waals surface area contributed by atoms with Gasteiger partial charge in [-0.3, -0.25) is 4.90 Å². The molecule has 96 valence electrons. The Kier molecular flexibility index (Phi) is 3.20. The Morgan fingerprint density at radius 3 is 3.05 bits per heavy atom. The molecule has 5 nitrogen and oxygen atoms in total. The number of aromatic nitrogens is 3. The van der Waals surface area contributed by atoms with E-state index in [1.54, 1.807) is 18.5 Å². The average molecular weight is 274 g/mol. The molecule has 2 heterocycles. The minimum atomic E-state index is 0.590. The summed E-state index contributed by atoms with van der Waals surface area (Å²) in [5, 5.41) is 17.5. The van der Waals surface area contributed by atoms with Crippen molar-refractivity contribution in [1.82, 2.24) is 19.7 Å². The monoisotopic (exact) mass is 273 g/mol. The highest BCUT2D eigenvalue weighted by molar-refractivity contribution is 6.31. The molecule has 0 atom stereocenters. The van der Waals surface area contributed by atoms with Crippen LogP contribution in [0.2, 0.25) is 5.02 Å².